The molecule has 0 bridgehead atoms. The molecule has 2 unspecified atom stereocenters. The molecule has 0 heteroatoms. The van der Waals surface area contributed by atoms with Crippen molar-refractivity contribution in [2.45, 2.75) is 45.4 Å². The van der Waals surface area contributed by atoms with E-state index in [1.54, 1.807) is 5.56 Å². The molecule has 0 heterocycles. The smallest absolute Gasteiger partial charge is 0.0166 e. The van der Waals surface area contributed by atoms with Gasteiger partial charge in [-0.2, -0.15) is 0 Å². The van der Waals surface area contributed by atoms with Crippen LogP contribution >= 0.6 is 0 Å². The van der Waals surface area contributed by atoms with Crippen molar-refractivity contribution < 1.29 is 0 Å². The van der Waals surface area contributed by atoms with E-state index in [1.165, 1.54) is 24.8 Å². The first-order valence-corrected chi connectivity index (χ1v) is 6.53. The predicted octanol–water partition coefficient (Wildman–Crippen LogP) is 4.80. The fraction of sp³-hybridized carbons (Fsp3) is 0.500. The van der Waals surface area contributed by atoms with Crippen LogP contribution in [0.25, 0.3) is 6.08 Å². The van der Waals surface area contributed by atoms with Crippen LogP contribution in [-0.2, 0) is 5.41 Å². The van der Waals surface area contributed by atoms with Gasteiger partial charge in [-0.25, -0.2) is 0 Å². The van der Waals surface area contributed by atoms with Crippen molar-refractivity contribution in [2.75, 3.05) is 0 Å². The third kappa shape index (κ3) is 1.61. The van der Waals surface area contributed by atoms with Crippen molar-refractivity contribution >= 4 is 6.08 Å². The lowest BCUT2D eigenvalue weighted by atomic mass is 9.69. The Bertz CT molecular complexity index is 389. The highest BCUT2D eigenvalue weighted by Crippen LogP contribution is 2.46. The Kier molecular flexibility index (Phi) is 3.18. The van der Waals surface area contributed by atoms with E-state index in [2.05, 4.69) is 57.2 Å². The van der Waals surface area contributed by atoms with Gasteiger partial charge in [0, 0.05) is 5.41 Å². The zero-order chi connectivity index (χ0) is 11.6. The van der Waals surface area contributed by atoms with E-state index in [4.69, 9.17) is 0 Å². The molecule has 0 spiro atoms. The molecule has 0 nitrogen and oxygen atoms in total. The van der Waals surface area contributed by atoms with Gasteiger partial charge in [-0.3, -0.25) is 0 Å². The molecule has 0 fully saturated rings. The predicted molar refractivity (Wildman–Crippen MR) is 71.5 cm³/mol. The summed E-state index contributed by atoms with van der Waals surface area (Å²) in [5.74, 6) is 0.729. The van der Waals surface area contributed by atoms with Crippen LogP contribution in [0.2, 0.25) is 0 Å². The van der Waals surface area contributed by atoms with Crippen LogP contribution in [0.5, 0.6) is 0 Å². The molecule has 1 aromatic carbocycles. The van der Waals surface area contributed by atoms with Crippen LogP contribution in [-0.4, -0.2) is 0 Å². The molecule has 2 rings (SSSR count). The fourth-order valence-electron chi connectivity index (χ4n) is 3.07. The zero-order valence-corrected chi connectivity index (χ0v) is 10.7. The van der Waals surface area contributed by atoms with Crippen LogP contribution < -0.4 is 0 Å². The highest BCUT2D eigenvalue weighted by molar-refractivity contribution is 5.65. The van der Waals surface area contributed by atoms with Gasteiger partial charge >= 0.3 is 0 Å². The lowest BCUT2D eigenvalue weighted by Crippen LogP contribution is -2.29. The summed E-state index contributed by atoms with van der Waals surface area (Å²) in [7, 11) is 0. The molecule has 1 aliphatic carbocycles. The summed E-state index contributed by atoms with van der Waals surface area (Å²) in [5, 5.41) is 0. The normalized spacial score (nSPS) is 24.4. The first kappa shape index (κ1) is 11.4. The summed E-state index contributed by atoms with van der Waals surface area (Å²) in [6, 6.07) is 8.88. The summed E-state index contributed by atoms with van der Waals surface area (Å²) in [4.78, 5) is 0. The SMILES string of the molecule is CCCC1(C(C)CC)C=Cc2ccccc21. The maximum Gasteiger partial charge on any atom is 0.0166 e. The molecule has 0 N–H and O–H groups in total. The average molecular weight is 214 g/mol. The standard InChI is InChI=1S/C16H22/c1-4-11-16(13(3)5-2)12-10-14-8-6-7-9-15(14)16/h6-10,12-13H,4-5,11H2,1-3H3. The molecular weight excluding hydrogens is 192 g/mol. The van der Waals surface area contributed by atoms with Crippen molar-refractivity contribution in [3.05, 3.63) is 41.5 Å². The highest BCUT2D eigenvalue weighted by Gasteiger charge is 2.37. The van der Waals surface area contributed by atoms with Crippen LogP contribution in [0.3, 0.4) is 0 Å². The Balaban J connectivity index is 2.47. The third-order valence-corrected chi connectivity index (χ3v) is 4.18. The highest BCUT2D eigenvalue weighted by atomic mass is 14.4. The van der Waals surface area contributed by atoms with Gasteiger partial charge in [-0.1, -0.05) is 70.0 Å². The summed E-state index contributed by atoms with van der Waals surface area (Å²) in [5.41, 5.74) is 3.28. The van der Waals surface area contributed by atoms with Gasteiger partial charge in [0.1, 0.15) is 0 Å². The molecule has 0 radical (unpaired) electrons. The first-order chi connectivity index (χ1) is 7.74. The lowest BCUT2D eigenvalue weighted by molar-refractivity contribution is 0.327. The first-order valence-electron chi connectivity index (χ1n) is 6.53. The van der Waals surface area contributed by atoms with Gasteiger partial charge < -0.3 is 0 Å². The summed E-state index contributed by atoms with van der Waals surface area (Å²) in [6.45, 7) is 6.98. The molecular formula is C16H22. The second-order valence-corrected chi connectivity index (χ2v) is 5.02. The number of fused-ring (bicyclic) bond motifs is 1. The van der Waals surface area contributed by atoms with Crippen LogP contribution in [0, 0.1) is 5.92 Å². The van der Waals surface area contributed by atoms with Gasteiger partial charge in [0.05, 0.1) is 0 Å². The van der Waals surface area contributed by atoms with E-state index in [0.29, 0.717) is 5.41 Å². The van der Waals surface area contributed by atoms with Crippen LogP contribution in [0.15, 0.2) is 30.3 Å². The van der Waals surface area contributed by atoms with Crippen molar-refractivity contribution in [1.29, 1.82) is 0 Å². The van der Waals surface area contributed by atoms with Gasteiger partial charge in [0.25, 0.3) is 0 Å². The van der Waals surface area contributed by atoms with E-state index in [1.807, 2.05) is 0 Å². The molecule has 2 atom stereocenters. The number of allylic oxidation sites excluding steroid dienone is 1. The second-order valence-electron chi connectivity index (χ2n) is 5.02. The van der Waals surface area contributed by atoms with E-state index >= 15 is 0 Å². The molecule has 0 aromatic heterocycles. The topological polar surface area (TPSA) is 0 Å². The minimum Gasteiger partial charge on any atom is -0.0730 e. The molecule has 0 amide bonds. The number of benzene rings is 1. The largest absolute Gasteiger partial charge is 0.0730 e. The minimum absolute atomic E-state index is 0.306. The van der Waals surface area contributed by atoms with Crippen molar-refractivity contribution in [3.63, 3.8) is 0 Å². The molecule has 1 aliphatic rings. The zero-order valence-electron chi connectivity index (χ0n) is 10.7. The summed E-state index contributed by atoms with van der Waals surface area (Å²) >= 11 is 0. The van der Waals surface area contributed by atoms with Crippen molar-refractivity contribution in [2.24, 2.45) is 5.92 Å². The molecule has 86 valence electrons. The minimum atomic E-state index is 0.306. The molecule has 0 saturated heterocycles. The number of hydrogen-bond acceptors (Lipinski definition) is 0. The van der Waals surface area contributed by atoms with Gasteiger partial charge in [0.2, 0.25) is 0 Å². The molecule has 0 saturated carbocycles. The Hall–Kier alpha value is -1.04. The Morgan fingerprint density at radius 1 is 1.19 bits per heavy atom. The number of rotatable bonds is 4. The molecule has 1 aromatic rings. The Labute approximate surface area is 99.4 Å². The van der Waals surface area contributed by atoms with Gasteiger partial charge in [-0.05, 0) is 23.5 Å². The lowest BCUT2D eigenvalue weighted by Gasteiger charge is -2.35. The third-order valence-electron chi connectivity index (χ3n) is 4.18. The van der Waals surface area contributed by atoms with E-state index in [-0.39, 0.29) is 0 Å². The second kappa shape index (κ2) is 4.45. The number of hydrogen-bond donors (Lipinski definition) is 0. The van der Waals surface area contributed by atoms with Gasteiger partial charge in [0.15, 0.2) is 0 Å². The van der Waals surface area contributed by atoms with E-state index in [9.17, 15) is 0 Å². The van der Waals surface area contributed by atoms with E-state index < -0.39 is 0 Å². The Morgan fingerprint density at radius 2 is 1.94 bits per heavy atom. The Morgan fingerprint density at radius 3 is 2.62 bits per heavy atom. The molecule has 0 aliphatic heterocycles. The van der Waals surface area contributed by atoms with E-state index in [0.717, 1.165) is 5.92 Å². The van der Waals surface area contributed by atoms with Crippen molar-refractivity contribution in [1.82, 2.24) is 0 Å². The van der Waals surface area contributed by atoms with Crippen LogP contribution in [0.4, 0.5) is 0 Å². The molecule has 16 heavy (non-hydrogen) atoms. The monoisotopic (exact) mass is 214 g/mol. The van der Waals surface area contributed by atoms with Crippen molar-refractivity contribution in [3.8, 4) is 0 Å². The summed E-state index contributed by atoms with van der Waals surface area (Å²) < 4.78 is 0. The average Bonchev–Trinajstić information content (AvgIpc) is 2.69. The quantitative estimate of drug-likeness (QED) is 0.675. The fourth-order valence-corrected chi connectivity index (χ4v) is 3.07. The summed E-state index contributed by atoms with van der Waals surface area (Å²) in [6.07, 6.45) is 8.55. The maximum atomic E-state index is 2.45. The maximum absolute atomic E-state index is 2.45. The van der Waals surface area contributed by atoms with Crippen LogP contribution in [0.1, 0.15) is 51.2 Å². The van der Waals surface area contributed by atoms with Gasteiger partial charge in [-0.15, -0.1) is 0 Å².